The Labute approximate surface area is 135 Å². The Bertz CT molecular complexity index is 962. The molecular weight excluding hydrogens is 310 g/mol. The molecule has 0 bridgehead atoms. The molecule has 8 heteroatoms. The highest BCUT2D eigenvalue weighted by Gasteiger charge is 2.27. The number of benzene rings is 1. The minimum Gasteiger partial charge on any atom is -0.423 e. The maximum Gasteiger partial charge on any atom is 0.247 e. The Hall–Kier alpha value is -3.68. The molecule has 0 radical (unpaired) electrons. The Morgan fingerprint density at radius 2 is 1.92 bits per heavy atom. The van der Waals surface area contributed by atoms with Gasteiger partial charge >= 0.3 is 0 Å². The van der Waals surface area contributed by atoms with Crippen molar-refractivity contribution < 1.29 is 14.0 Å². The number of carbonyl (C=O) groups is 2. The highest BCUT2D eigenvalue weighted by atomic mass is 16.4. The molecule has 2 aromatic heterocycles. The van der Waals surface area contributed by atoms with Crippen molar-refractivity contribution in [3.05, 3.63) is 66.2 Å². The van der Waals surface area contributed by atoms with Crippen LogP contribution in [0.1, 0.15) is 20.8 Å². The molecule has 0 fully saturated rings. The van der Waals surface area contributed by atoms with Gasteiger partial charge in [0.15, 0.2) is 0 Å². The van der Waals surface area contributed by atoms with Gasteiger partial charge in [0.25, 0.3) is 0 Å². The van der Waals surface area contributed by atoms with Crippen LogP contribution in [0.15, 0.2) is 59.4 Å². The third kappa shape index (κ3) is 2.35. The summed E-state index contributed by atoms with van der Waals surface area (Å²) in [5.74, 6) is -0.265. The third-order valence-electron chi connectivity index (χ3n) is 3.48. The molecule has 24 heavy (non-hydrogen) atoms. The second-order valence-corrected chi connectivity index (χ2v) is 4.98. The predicted molar refractivity (Wildman–Crippen MR) is 82.1 cm³/mol. The van der Waals surface area contributed by atoms with Crippen molar-refractivity contribution in [2.24, 2.45) is 0 Å². The quantitative estimate of drug-likeness (QED) is 0.779. The first-order chi connectivity index (χ1) is 11.7. The van der Waals surface area contributed by atoms with Crippen molar-refractivity contribution in [2.45, 2.75) is 0 Å². The van der Waals surface area contributed by atoms with Gasteiger partial charge in [-0.3, -0.25) is 9.59 Å². The van der Waals surface area contributed by atoms with Gasteiger partial charge in [0.2, 0.25) is 23.9 Å². The molecule has 0 spiro atoms. The molecule has 0 aliphatic heterocycles. The van der Waals surface area contributed by atoms with Crippen molar-refractivity contribution >= 4 is 17.3 Å². The van der Waals surface area contributed by atoms with E-state index >= 15 is 0 Å². The number of aromatic nitrogens is 4. The third-order valence-corrected chi connectivity index (χ3v) is 3.48. The van der Waals surface area contributed by atoms with Crippen molar-refractivity contribution in [3.63, 3.8) is 0 Å². The zero-order valence-corrected chi connectivity index (χ0v) is 12.1. The number of hydrogen-bond acceptors (Lipinski definition) is 8. The minimum absolute atomic E-state index is 0.118. The average Bonchev–Trinajstić information content (AvgIpc) is 3.15. The zero-order valence-electron chi connectivity index (χ0n) is 12.1. The molecule has 0 unspecified atom stereocenters. The predicted octanol–water partition coefficient (Wildman–Crippen LogP) is 1.90. The summed E-state index contributed by atoms with van der Waals surface area (Å²) in [6, 6.07) is 7.02. The van der Waals surface area contributed by atoms with Crippen molar-refractivity contribution in [3.8, 4) is 11.5 Å². The van der Waals surface area contributed by atoms with Crippen LogP contribution in [0.2, 0.25) is 0 Å². The lowest BCUT2D eigenvalue weighted by molar-refractivity contribution is 0.0981. The number of anilines is 1. The summed E-state index contributed by atoms with van der Waals surface area (Å²) in [6.45, 7) is 0. The largest absolute Gasteiger partial charge is 0.423 e. The molecule has 1 aromatic carbocycles. The lowest BCUT2D eigenvalue weighted by Crippen LogP contribution is -2.22. The summed E-state index contributed by atoms with van der Waals surface area (Å²) in [7, 11) is 0. The maximum atomic E-state index is 12.4. The van der Waals surface area contributed by atoms with Crippen molar-refractivity contribution in [1.29, 1.82) is 0 Å². The maximum absolute atomic E-state index is 12.4. The molecule has 0 amide bonds. The Kier molecular flexibility index (Phi) is 3.20. The molecule has 1 N–H and O–H groups in total. The van der Waals surface area contributed by atoms with E-state index in [1.165, 1.54) is 25.0 Å². The number of nitrogens with one attached hydrogen (secondary N) is 1. The molecule has 4 rings (SSSR count). The lowest BCUT2D eigenvalue weighted by Gasteiger charge is -2.15. The van der Waals surface area contributed by atoms with Gasteiger partial charge in [-0.25, -0.2) is 9.97 Å². The van der Waals surface area contributed by atoms with Crippen LogP contribution in [-0.4, -0.2) is 31.7 Å². The number of allylic oxidation sites excluding steroid dienone is 2. The molecule has 8 nitrogen and oxygen atoms in total. The first-order valence-corrected chi connectivity index (χ1v) is 6.97. The van der Waals surface area contributed by atoms with Gasteiger partial charge in [-0.15, -0.1) is 10.2 Å². The standard InChI is InChI=1S/C16H9N5O3/c22-13-5-12(15(23)11-6-17-7-18-14(11)13)20-10-3-1-9(2-4-10)16-21-19-8-24-16/h1-8,20H. The van der Waals surface area contributed by atoms with Crippen LogP contribution in [0.3, 0.4) is 0 Å². The van der Waals surface area contributed by atoms with E-state index in [0.717, 1.165) is 5.56 Å². The summed E-state index contributed by atoms with van der Waals surface area (Å²) in [4.78, 5) is 32.1. The van der Waals surface area contributed by atoms with Gasteiger partial charge in [0.1, 0.15) is 12.0 Å². The van der Waals surface area contributed by atoms with Crippen LogP contribution in [0.4, 0.5) is 5.69 Å². The first kappa shape index (κ1) is 13.9. The molecule has 3 aromatic rings. The van der Waals surface area contributed by atoms with Crippen LogP contribution in [-0.2, 0) is 0 Å². The molecule has 116 valence electrons. The highest BCUT2D eigenvalue weighted by Crippen LogP contribution is 2.23. The van der Waals surface area contributed by atoms with Gasteiger partial charge in [0, 0.05) is 23.5 Å². The van der Waals surface area contributed by atoms with E-state index in [1.807, 2.05) is 0 Å². The number of ketones is 2. The molecule has 0 atom stereocenters. The first-order valence-electron chi connectivity index (χ1n) is 6.97. The van der Waals surface area contributed by atoms with E-state index in [2.05, 4.69) is 25.5 Å². The van der Waals surface area contributed by atoms with Crippen LogP contribution in [0, 0.1) is 0 Å². The molecule has 2 heterocycles. The molecule has 1 aliphatic rings. The van der Waals surface area contributed by atoms with Crippen LogP contribution in [0.25, 0.3) is 11.5 Å². The van der Waals surface area contributed by atoms with Crippen molar-refractivity contribution in [1.82, 2.24) is 20.2 Å². The Morgan fingerprint density at radius 1 is 1.08 bits per heavy atom. The van der Waals surface area contributed by atoms with Crippen LogP contribution >= 0.6 is 0 Å². The summed E-state index contributed by atoms with van der Waals surface area (Å²) in [5, 5.41) is 10.4. The fourth-order valence-electron chi connectivity index (χ4n) is 2.35. The van der Waals surface area contributed by atoms with E-state index in [0.29, 0.717) is 11.6 Å². The van der Waals surface area contributed by atoms with Gasteiger partial charge in [-0.2, -0.15) is 0 Å². The lowest BCUT2D eigenvalue weighted by atomic mass is 9.98. The average molecular weight is 319 g/mol. The second-order valence-electron chi connectivity index (χ2n) is 4.98. The van der Waals surface area contributed by atoms with E-state index in [-0.39, 0.29) is 28.5 Å². The number of Topliss-reactive ketones (excluding diaryl/α,β-unsaturated/α-hetero) is 1. The molecule has 0 saturated carbocycles. The van der Waals surface area contributed by atoms with Gasteiger partial charge < -0.3 is 9.73 Å². The van der Waals surface area contributed by atoms with Gasteiger partial charge in [-0.05, 0) is 24.3 Å². The zero-order chi connectivity index (χ0) is 16.5. The van der Waals surface area contributed by atoms with Gasteiger partial charge in [0.05, 0.1) is 11.3 Å². The van der Waals surface area contributed by atoms with E-state index < -0.39 is 0 Å². The van der Waals surface area contributed by atoms with Crippen molar-refractivity contribution in [2.75, 3.05) is 5.32 Å². The number of carbonyl (C=O) groups excluding carboxylic acids is 2. The highest BCUT2D eigenvalue weighted by molar-refractivity contribution is 6.24. The normalized spacial score (nSPS) is 13.4. The SMILES string of the molecule is O=C1C(Nc2ccc(-c3nnco3)cc2)=CC(=O)c2ncncc21. The summed E-state index contributed by atoms with van der Waals surface area (Å²) in [6.07, 6.45) is 5.07. The number of hydrogen-bond donors (Lipinski definition) is 1. The monoisotopic (exact) mass is 319 g/mol. The summed E-state index contributed by atoms with van der Waals surface area (Å²) < 4.78 is 5.11. The number of rotatable bonds is 3. The second kappa shape index (κ2) is 5.51. The Morgan fingerprint density at radius 3 is 2.67 bits per heavy atom. The molecule has 1 aliphatic carbocycles. The van der Waals surface area contributed by atoms with Crippen LogP contribution in [0.5, 0.6) is 0 Å². The van der Waals surface area contributed by atoms with E-state index in [4.69, 9.17) is 4.42 Å². The number of fused-ring (bicyclic) bond motifs is 1. The van der Waals surface area contributed by atoms with E-state index in [9.17, 15) is 9.59 Å². The smallest absolute Gasteiger partial charge is 0.247 e. The fraction of sp³-hybridized carbons (Fsp3) is 0. The topological polar surface area (TPSA) is 111 Å². The summed E-state index contributed by atoms with van der Waals surface area (Å²) >= 11 is 0. The van der Waals surface area contributed by atoms with E-state index in [1.54, 1.807) is 24.3 Å². The molecular formula is C16H9N5O3. The number of nitrogens with zero attached hydrogens (tertiary/aromatic N) is 4. The fourth-order valence-corrected chi connectivity index (χ4v) is 2.35. The summed E-state index contributed by atoms with van der Waals surface area (Å²) in [5.41, 5.74) is 1.87. The molecule has 0 saturated heterocycles. The van der Waals surface area contributed by atoms with Crippen LogP contribution < -0.4 is 5.32 Å². The Balaban J connectivity index is 1.60. The minimum atomic E-state index is -0.336. The van der Waals surface area contributed by atoms with Gasteiger partial charge in [-0.1, -0.05) is 0 Å².